The minimum Gasteiger partial charge on any atom is -0.480 e. The van der Waals surface area contributed by atoms with Crippen LogP contribution in [-0.2, 0) is 11.3 Å². The van der Waals surface area contributed by atoms with Crippen LogP contribution in [0.4, 0.5) is 0 Å². The van der Waals surface area contributed by atoms with Crippen LogP contribution in [0.2, 0.25) is 0 Å². The Kier molecular flexibility index (Phi) is 2.59. The van der Waals surface area contributed by atoms with E-state index in [1.807, 2.05) is 0 Å². The predicted octanol–water partition coefficient (Wildman–Crippen LogP) is 1.73. The monoisotopic (exact) mass is 233 g/mol. The number of carbonyl (C=O) groups is 2. The summed E-state index contributed by atoms with van der Waals surface area (Å²) >= 11 is 0. The molecule has 1 aromatic heterocycles. The van der Waals surface area contributed by atoms with E-state index in [9.17, 15) is 9.59 Å². The first-order valence-electron chi connectivity index (χ1n) is 5.03. The molecule has 0 aliphatic heterocycles. The zero-order valence-corrected chi connectivity index (χ0v) is 9.17. The number of hydrogen-bond donors (Lipinski definition) is 2. The molecule has 2 N–H and O–H groups in total. The third kappa shape index (κ3) is 1.99. The second kappa shape index (κ2) is 3.93. The number of hydrogen-bond acceptors (Lipinski definition) is 2. The maximum absolute atomic E-state index is 10.9. The molecule has 5 nitrogen and oxygen atoms in total. The molecule has 0 saturated heterocycles. The zero-order valence-electron chi connectivity index (χ0n) is 9.17. The number of carboxylic acid groups (broad SMARTS) is 2. The molecule has 0 unspecified atom stereocenters. The quantitative estimate of drug-likeness (QED) is 0.846. The Hall–Kier alpha value is -2.30. The van der Waals surface area contributed by atoms with Crippen molar-refractivity contribution in [3.8, 4) is 0 Å². The van der Waals surface area contributed by atoms with Crippen molar-refractivity contribution in [3.05, 3.63) is 35.5 Å². The number of carboxylic acids is 2. The lowest BCUT2D eigenvalue weighted by Crippen LogP contribution is -2.08. The highest BCUT2D eigenvalue weighted by Gasteiger charge is 2.11. The van der Waals surface area contributed by atoms with Crippen molar-refractivity contribution >= 4 is 22.8 Å². The lowest BCUT2D eigenvalue weighted by molar-refractivity contribution is -0.137. The molecule has 1 heterocycles. The molecular formula is C12H11NO4. The molecule has 0 radical (unpaired) electrons. The molecule has 0 fully saturated rings. The van der Waals surface area contributed by atoms with Crippen molar-refractivity contribution < 1.29 is 19.8 Å². The number of aryl methyl sites for hydroxylation is 1. The van der Waals surface area contributed by atoms with Gasteiger partial charge in [-0.1, -0.05) is 0 Å². The Morgan fingerprint density at radius 1 is 1.29 bits per heavy atom. The average molecular weight is 233 g/mol. The Morgan fingerprint density at radius 3 is 2.59 bits per heavy atom. The largest absolute Gasteiger partial charge is 0.480 e. The predicted molar refractivity (Wildman–Crippen MR) is 61.3 cm³/mol. The van der Waals surface area contributed by atoms with Gasteiger partial charge in [0.2, 0.25) is 0 Å². The van der Waals surface area contributed by atoms with E-state index < -0.39 is 11.9 Å². The molecule has 0 atom stereocenters. The molecule has 17 heavy (non-hydrogen) atoms. The molecule has 0 aliphatic rings. The second-order valence-corrected chi connectivity index (χ2v) is 3.87. The summed E-state index contributed by atoms with van der Waals surface area (Å²) in [7, 11) is 0. The number of nitrogens with zero attached hydrogens (tertiary/aromatic N) is 1. The van der Waals surface area contributed by atoms with Crippen LogP contribution in [0.1, 0.15) is 15.9 Å². The van der Waals surface area contributed by atoms with Crippen LogP contribution in [-0.4, -0.2) is 26.7 Å². The maximum atomic E-state index is 10.9. The fourth-order valence-electron chi connectivity index (χ4n) is 1.97. The van der Waals surface area contributed by atoms with Gasteiger partial charge >= 0.3 is 11.9 Å². The van der Waals surface area contributed by atoms with Gasteiger partial charge in [0, 0.05) is 11.6 Å². The summed E-state index contributed by atoms with van der Waals surface area (Å²) in [6, 6.07) is 4.81. The zero-order chi connectivity index (χ0) is 12.6. The number of rotatable bonds is 3. The van der Waals surface area contributed by atoms with Crippen molar-refractivity contribution in [2.24, 2.45) is 0 Å². The van der Waals surface area contributed by atoms with Gasteiger partial charge in [0.1, 0.15) is 6.54 Å². The first kappa shape index (κ1) is 11.2. The summed E-state index contributed by atoms with van der Waals surface area (Å²) in [6.07, 6.45) is 1.65. The summed E-state index contributed by atoms with van der Waals surface area (Å²) < 4.78 is 1.60. The third-order valence-corrected chi connectivity index (χ3v) is 2.60. The van der Waals surface area contributed by atoms with E-state index in [0.717, 1.165) is 16.5 Å². The van der Waals surface area contributed by atoms with Gasteiger partial charge in [0.05, 0.1) is 11.1 Å². The van der Waals surface area contributed by atoms with Crippen LogP contribution in [0, 0.1) is 6.92 Å². The highest BCUT2D eigenvalue weighted by Crippen LogP contribution is 2.22. The number of aliphatic carboxylic acids is 1. The Labute approximate surface area is 96.9 Å². The van der Waals surface area contributed by atoms with Gasteiger partial charge < -0.3 is 14.8 Å². The van der Waals surface area contributed by atoms with E-state index in [1.165, 1.54) is 0 Å². The molecular weight excluding hydrogens is 222 g/mol. The van der Waals surface area contributed by atoms with Gasteiger partial charge in [-0.2, -0.15) is 0 Å². The van der Waals surface area contributed by atoms with E-state index in [0.29, 0.717) is 0 Å². The summed E-state index contributed by atoms with van der Waals surface area (Å²) in [5, 5.41) is 18.4. The van der Waals surface area contributed by atoms with Gasteiger partial charge in [-0.05, 0) is 30.7 Å². The molecule has 0 spiro atoms. The van der Waals surface area contributed by atoms with Crippen molar-refractivity contribution in [2.75, 3.05) is 0 Å². The smallest absolute Gasteiger partial charge is 0.335 e. The Bertz CT molecular complexity index is 612. The average Bonchev–Trinajstić information content (AvgIpc) is 2.60. The van der Waals surface area contributed by atoms with E-state index in [-0.39, 0.29) is 12.1 Å². The minimum absolute atomic E-state index is 0.128. The van der Waals surface area contributed by atoms with Crippen LogP contribution in [0.5, 0.6) is 0 Å². The van der Waals surface area contributed by atoms with E-state index in [1.54, 1.807) is 35.9 Å². The van der Waals surface area contributed by atoms with Gasteiger partial charge in [0.15, 0.2) is 0 Å². The van der Waals surface area contributed by atoms with Crippen LogP contribution < -0.4 is 0 Å². The molecule has 0 saturated carbocycles. The maximum Gasteiger partial charge on any atom is 0.335 e. The van der Waals surface area contributed by atoms with E-state index >= 15 is 0 Å². The lowest BCUT2D eigenvalue weighted by Gasteiger charge is -2.05. The SMILES string of the molecule is Cc1cc(C(=O)O)cc2ccn(CC(=O)O)c12. The molecule has 0 bridgehead atoms. The standard InChI is InChI=1S/C12H11NO4/c1-7-4-9(12(16)17)5-8-2-3-13(11(7)8)6-10(14)15/h2-5H,6H2,1H3,(H,14,15)(H,16,17). The molecule has 2 aromatic rings. The minimum atomic E-state index is -0.985. The van der Waals surface area contributed by atoms with E-state index in [2.05, 4.69) is 0 Å². The number of fused-ring (bicyclic) bond motifs is 1. The van der Waals surface area contributed by atoms with Gasteiger partial charge in [-0.15, -0.1) is 0 Å². The van der Waals surface area contributed by atoms with Crippen LogP contribution in [0.3, 0.4) is 0 Å². The first-order chi connectivity index (χ1) is 7.99. The van der Waals surface area contributed by atoms with Crippen molar-refractivity contribution in [1.29, 1.82) is 0 Å². The van der Waals surface area contributed by atoms with E-state index in [4.69, 9.17) is 10.2 Å². The van der Waals surface area contributed by atoms with Crippen molar-refractivity contribution in [2.45, 2.75) is 13.5 Å². The Morgan fingerprint density at radius 2 is 2.00 bits per heavy atom. The highest BCUT2D eigenvalue weighted by atomic mass is 16.4. The topological polar surface area (TPSA) is 79.5 Å². The second-order valence-electron chi connectivity index (χ2n) is 3.87. The summed E-state index contributed by atoms with van der Waals surface area (Å²) in [4.78, 5) is 21.6. The Balaban J connectivity index is 2.62. The van der Waals surface area contributed by atoms with Crippen molar-refractivity contribution in [1.82, 2.24) is 4.57 Å². The van der Waals surface area contributed by atoms with Crippen LogP contribution >= 0.6 is 0 Å². The van der Waals surface area contributed by atoms with Gasteiger partial charge in [-0.25, -0.2) is 4.79 Å². The van der Waals surface area contributed by atoms with Crippen LogP contribution in [0.25, 0.3) is 10.9 Å². The molecule has 2 rings (SSSR count). The highest BCUT2D eigenvalue weighted by molar-refractivity contribution is 5.95. The number of aromatic carboxylic acids is 1. The van der Waals surface area contributed by atoms with Crippen molar-refractivity contribution in [3.63, 3.8) is 0 Å². The summed E-state index contributed by atoms with van der Waals surface area (Å²) in [6.45, 7) is 1.64. The fourth-order valence-corrected chi connectivity index (χ4v) is 1.97. The molecule has 88 valence electrons. The number of aromatic nitrogens is 1. The summed E-state index contributed by atoms with van der Waals surface area (Å²) in [5.41, 5.74) is 1.73. The molecule has 1 aromatic carbocycles. The van der Waals surface area contributed by atoms with Gasteiger partial charge in [-0.3, -0.25) is 4.79 Å². The van der Waals surface area contributed by atoms with Crippen LogP contribution in [0.15, 0.2) is 24.4 Å². The molecule has 0 aliphatic carbocycles. The first-order valence-corrected chi connectivity index (χ1v) is 5.03. The molecule has 0 amide bonds. The molecule has 5 heteroatoms. The fraction of sp³-hybridized carbons (Fsp3) is 0.167. The van der Waals surface area contributed by atoms with Gasteiger partial charge in [0.25, 0.3) is 0 Å². The normalized spacial score (nSPS) is 10.6. The lowest BCUT2D eigenvalue weighted by atomic mass is 10.1. The third-order valence-electron chi connectivity index (χ3n) is 2.60. The summed E-state index contributed by atoms with van der Waals surface area (Å²) in [5.74, 6) is -1.91. The number of benzene rings is 1.